The molecule has 1 radical (unpaired) electrons. The summed E-state index contributed by atoms with van der Waals surface area (Å²) >= 11 is 5.57. The van der Waals surface area contributed by atoms with Crippen LogP contribution in [0.1, 0.15) is 5.56 Å². The molecule has 0 amide bonds. The van der Waals surface area contributed by atoms with E-state index in [1.54, 1.807) is 6.07 Å². The molecule has 0 atom stereocenters. The molecular weight excluding hydrogens is 263 g/mol. The van der Waals surface area contributed by atoms with Crippen molar-refractivity contribution >= 4 is 11.6 Å². The quantitative estimate of drug-likeness (QED) is 0.762. The van der Waals surface area contributed by atoms with E-state index in [0.717, 1.165) is 18.2 Å². The first-order chi connectivity index (χ1) is 8.51. The second-order valence-electron chi connectivity index (χ2n) is 3.49. The Bertz CT molecular complexity index is 619. The lowest BCUT2D eigenvalue weighted by atomic mass is 10.0. The van der Waals surface area contributed by atoms with E-state index in [0.29, 0.717) is 0 Å². The molecule has 2 aromatic carbocycles. The minimum atomic E-state index is -0.951. The van der Waals surface area contributed by atoms with Gasteiger partial charge in [0.2, 0.25) is 0 Å². The number of nitriles is 1. The summed E-state index contributed by atoms with van der Waals surface area (Å²) in [6.07, 6.45) is 0. The van der Waals surface area contributed by atoms with Crippen molar-refractivity contribution in [2.24, 2.45) is 0 Å². The Labute approximate surface area is 106 Å². The van der Waals surface area contributed by atoms with Crippen molar-refractivity contribution in [3.05, 3.63) is 58.4 Å². The van der Waals surface area contributed by atoms with Gasteiger partial charge in [-0.15, -0.1) is 0 Å². The Morgan fingerprint density at radius 2 is 1.67 bits per heavy atom. The summed E-state index contributed by atoms with van der Waals surface area (Å²) in [5.74, 6) is -2.72. The summed E-state index contributed by atoms with van der Waals surface area (Å²) in [4.78, 5) is 0. The van der Waals surface area contributed by atoms with Gasteiger partial charge in [0.1, 0.15) is 17.5 Å². The smallest absolute Gasteiger partial charge is 0.135 e. The first kappa shape index (κ1) is 12.5. The van der Waals surface area contributed by atoms with Gasteiger partial charge < -0.3 is 0 Å². The number of hydrogen-bond donors (Lipinski definition) is 0. The molecule has 89 valence electrons. The maximum absolute atomic E-state index is 13.7. The summed E-state index contributed by atoms with van der Waals surface area (Å²) in [5, 5.41) is 8.48. The van der Waals surface area contributed by atoms with Crippen molar-refractivity contribution in [3.63, 3.8) is 0 Å². The van der Waals surface area contributed by atoms with Gasteiger partial charge in [0, 0.05) is 6.07 Å². The van der Waals surface area contributed by atoms with Crippen LogP contribution in [0.2, 0.25) is 5.02 Å². The van der Waals surface area contributed by atoms with Crippen LogP contribution in [-0.4, -0.2) is 0 Å². The van der Waals surface area contributed by atoms with Gasteiger partial charge in [0.05, 0.1) is 22.2 Å². The third-order valence-electron chi connectivity index (χ3n) is 2.26. The molecular formula is C13H4ClF3N. The van der Waals surface area contributed by atoms with Gasteiger partial charge in [-0.3, -0.25) is 0 Å². The van der Waals surface area contributed by atoms with E-state index in [4.69, 9.17) is 16.9 Å². The fourth-order valence-corrected chi connectivity index (χ4v) is 1.77. The minimum absolute atomic E-state index is 0.0456. The van der Waals surface area contributed by atoms with Gasteiger partial charge in [-0.05, 0) is 29.8 Å². The summed E-state index contributed by atoms with van der Waals surface area (Å²) in [5.41, 5.74) is -0.623. The van der Waals surface area contributed by atoms with E-state index in [1.807, 2.05) is 0 Å². The normalized spacial score (nSPS) is 10.2. The molecule has 0 aliphatic rings. The number of hydrogen-bond acceptors (Lipinski definition) is 1. The summed E-state index contributed by atoms with van der Waals surface area (Å²) in [6.45, 7) is 0. The Hall–Kier alpha value is -1.99. The molecule has 0 unspecified atom stereocenters. The molecule has 2 aromatic rings. The van der Waals surface area contributed by atoms with E-state index in [-0.39, 0.29) is 16.1 Å². The van der Waals surface area contributed by atoms with Crippen LogP contribution in [0.4, 0.5) is 13.2 Å². The first-order valence-corrected chi connectivity index (χ1v) is 5.17. The first-order valence-electron chi connectivity index (χ1n) is 4.79. The molecule has 1 nitrogen and oxygen atoms in total. The van der Waals surface area contributed by atoms with Gasteiger partial charge in [0.25, 0.3) is 0 Å². The Morgan fingerprint density at radius 1 is 1.06 bits per heavy atom. The third kappa shape index (κ3) is 2.31. The average Bonchev–Trinajstić information content (AvgIpc) is 2.26. The van der Waals surface area contributed by atoms with E-state index in [2.05, 4.69) is 6.07 Å². The highest BCUT2D eigenvalue weighted by molar-refractivity contribution is 6.30. The van der Waals surface area contributed by atoms with Gasteiger partial charge in [0.15, 0.2) is 0 Å². The zero-order valence-corrected chi connectivity index (χ0v) is 9.52. The highest BCUT2D eigenvalue weighted by Gasteiger charge is 2.14. The van der Waals surface area contributed by atoms with Crippen LogP contribution in [0.3, 0.4) is 0 Å². The Kier molecular flexibility index (Phi) is 3.26. The summed E-state index contributed by atoms with van der Waals surface area (Å²) in [6, 6.07) is 7.63. The van der Waals surface area contributed by atoms with E-state index >= 15 is 0 Å². The summed E-state index contributed by atoms with van der Waals surface area (Å²) < 4.78 is 40.4. The average molecular weight is 267 g/mol. The van der Waals surface area contributed by atoms with Gasteiger partial charge >= 0.3 is 0 Å². The fourth-order valence-electron chi connectivity index (χ4n) is 1.56. The maximum Gasteiger partial charge on any atom is 0.135 e. The lowest BCUT2D eigenvalue weighted by Gasteiger charge is -2.06. The van der Waals surface area contributed by atoms with Crippen LogP contribution < -0.4 is 0 Å². The molecule has 0 saturated heterocycles. The lowest BCUT2D eigenvalue weighted by molar-refractivity contribution is 0.588. The predicted molar refractivity (Wildman–Crippen MR) is 60.3 cm³/mol. The van der Waals surface area contributed by atoms with E-state index in [1.165, 1.54) is 6.07 Å². The van der Waals surface area contributed by atoms with Crippen molar-refractivity contribution < 1.29 is 13.2 Å². The molecule has 5 heteroatoms. The van der Waals surface area contributed by atoms with E-state index in [9.17, 15) is 13.2 Å². The number of rotatable bonds is 1. The zero-order valence-electron chi connectivity index (χ0n) is 8.77. The monoisotopic (exact) mass is 266 g/mol. The van der Waals surface area contributed by atoms with Crippen molar-refractivity contribution in [1.82, 2.24) is 0 Å². The van der Waals surface area contributed by atoms with Crippen LogP contribution in [0.15, 0.2) is 24.3 Å². The molecule has 0 heterocycles. The maximum atomic E-state index is 13.7. The molecule has 0 aromatic heterocycles. The summed E-state index contributed by atoms with van der Waals surface area (Å²) in [7, 11) is 0. The van der Waals surface area contributed by atoms with Crippen molar-refractivity contribution in [2.45, 2.75) is 0 Å². The molecule has 0 aliphatic carbocycles. The molecule has 0 bridgehead atoms. The number of halogens is 4. The van der Waals surface area contributed by atoms with Crippen LogP contribution >= 0.6 is 11.6 Å². The van der Waals surface area contributed by atoms with Crippen molar-refractivity contribution in [2.75, 3.05) is 0 Å². The minimum Gasteiger partial charge on any atom is -0.206 e. The second-order valence-corrected chi connectivity index (χ2v) is 3.90. The van der Waals surface area contributed by atoms with Crippen molar-refractivity contribution in [3.8, 4) is 17.2 Å². The molecule has 18 heavy (non-hydrogen) atoms. The van der Waals surface area contributed by atoms with Gasteiger partial charge in [-0.1, -0.05) is 11.6 Å². The zero-order chi connectivity index (χ0) is 13.3. The van der Waals surface area contributed by atoms with Crippen LogP contribution in [-0.2, 0) is 0 Å². The van der Waals surface area contributed by atoms with Crippen LogP contribution in [0.25, 0.3) is 11.1 Å². The molecule has 0 aliphatic heterocycles. The van der Waals surface area contributed by atoms with Gasteiger partial charge in [-0.25, -0.2) is 13.2 Å². The van der Waals surface area contributed by atoms with Crippen LogP contribution in [0.5, 0.6) is 0 Å². The van der Waals surface area contributed by atoms with Crippen molar-refractivity contribution in [1.29, 1.82) is 5.26 Å². The third-order valence-corrected chi connectivity index (χ3v) is 2.47. The number of benzene rings is 2. The SMILES string of the molecule is N#Cc1cc(F)c(-c2cc(F)[c]c(Cl)c2)c(F)c1. The lowest BCUT2D eigenvalue weighted by Crippen LogP contribution is -1.93. The Morgan fingerprint density at radius 3 is 2.17 bits per heavy atom. The standard InChI is InChI=1S/C13H4ClF3N/c14-9-3-8(4-10(15)5-9)13-11(16)1-7(6-18)2-12(13)17/h1-4H. The topological polar surface area (TPSA) is 23.8 Å². The molecule has 2 rings (SSSR count). The fraction of sp³-hybridized carbons (Fsp3) is 0. The van der Waals surface area contributed by atoms with Gasteiger partial charge in [-0.2, -0.15) is 5.26 Å². The molecule has 0 spiro atoms. The molecule has 0 saturated carbocycles. The van der Waals surface area contributed by atoms with E-state index < -0.39 is 23.0 Å². The highest BCUT2D eigenvalue weighted by atomic mass is 35.5. The largest absolute Gasteiger partial charge is 0.206 e. The predicted octanol–water partition coefficient (Wildman–Crippen LogP) is 4.10. The molecule has 0 fully saturated rings. The Balaban J connectivity index is 2.68. The number of nitrogens with zero attached hydrogens (tertiary/aromatic N) is 1. The van der Waals surface area contributed by atoms with Crippen LogP contribution in [0, 0.1) is 34.8 Å². The molecule has 0 N–H and O–H groups in total. The highest BCUT2D eigenvalue weighted by Crippen LogP contribution is 2.29. The second kappa shape index (κ2) is 4.71.